The Morgan fingerprint density at radius 1 is 1.10 bits per heavy atom. The topological polar surface area (TPSA) is 102 Å². The van der Waals surface area contributed by atoms with Crippen molar-refractivity contribution >= 4 is 12.0 Å². The molecule has 0 aromatic heterocycles. The minimum Gasteiger partial charge on any atom is -0.478 e. The van der Waals surface area contributed by atoms with Crippen molar-refractivity contribution in [3.63, 3.8) is 0 Å². The number of isocyanates is 1. The average molecular weight is 418 g/mol. The number of nitrogens with zero attached hydrogens (tertiary/aromatic N) is 1. The van der Waals surface area contributed by atoms with Gasteiger partial charge in [0.15, 0.2) is 0 Å². The highest BCUT2D eigenvalue weighted by molar-refractivity contribution is 5.87. The van der Waals surface area contributed by atoms with Gasteiger partial charge in [0.25, 0.3) is 0 Å². The van der Waals surface area contributed by atoms with Crippen molar-refractivity contribution in [2.75, 3.05) is 0 Å². The molecular formula is C21H17F3N2O4. The lowest BCUT2D eigenvalue weighted by Crippen LogP contribution is -2.50. The van der Waals surface area contributed by atoms with Crippen LogP contribution in [0.15, 0.2) is 89.2 Å². The number of carboxylic acids is 1. The highest BCUT2D eigenvalue weighted by Gasteiger charge is 2.57. The van der Waals surface area contributed by atoms with Crippen LogP contribution in [0.5, 0.6) is 5.75 Å². The van der Waals surface area contributed by atoms with Gasteiger partial charge < -0.3 is 15.6 Å². The Hall–Kier alpha value is -3.84. The van der Waals surface area contributed by atoms with Gasteiger partial charge in [-0.05, 0) is 36.4 Å². The number of carboxylic acid groups (broad SMARTS) is 1. The number of allylic oxidation sites excluding steroid dienone is 1. The lowest BCUT2D eigenvalue weighted by atomic mass is 9.90. The number of rotatable bonds is 4. The molecule has 1 aliphatic carbocycles. The fourth-order valence-electron chi connectivity index (χ4n) is 2.51. The van der Waals surface area contributed by atoms with Gasteiger partial charge in [-0.1, -0.05) is 36.4 Å². The molecule has 1 aliphatic rings. The predicted octanol–water partition coefficient (Wildman–Crippen LogP) is 4.22. The molecule has 3 rings (SSSR count). The predicted molar refractivity (Wildman–Crippen MR) is 102 cm³/mol. The zero-order valence-electron chi connectivity index (χ0n) is 15.5. The maximum absolute atomic E-state index is 13.4. The molecule has 6 nitrogen and oxygen atoms in total. The molecule has 0 heterocycles. The zero-order valence-corrected chi connectivity index (χ0v) is 15.5. The summed E-state index contributed by atoms with van der Waals surface area (Å²) >= 11 is 0. The number of para-hydroxylation sites is 1. The second kappa shape index (κ2) is 9.58. The van der Waals surface area contributed by atoms with Crippen LogP contribution in [0.1, 0.15) is 16.8 Å². The maximum Gasteiger partial charge on any atom is 0.432 e. The monoisotopic (exact) mass is 418 g/mol. The van der Waals surface area contributed by atoms with Gasteiger partial charge >= 0.3 is 12.1 Å². The van der Waals surface area contributed by atoms with Crippen molar-refractivity contribution in [2.24, 2.45) is 10.7 Å². The Morgan fingerprint density at radius 2 is 1.67 bits per heavy atom. The molecule has 0 aliphatic heterocycles. The fraction of sp³-hybridized carbons (Fsp3) is 0.143. The molecule has 0 saturated carbocycles. The van der Waals surface area contributed by atoms with Crippen LogP contribution >= 0.6 is 0 Å². The van der Waals surface area contributed by atoms with E-state index in [-0.39, 0.29) is 17.1 Å². The Morgan fingerprint density at radius 3 is 2.10 bits per heavy atom. The minimum absolute atomic E-state index is 0.0402. The summed E-state index contributed by atoms with van der Waals surface area (Å²) in [6.45, 7) is 0. The van der Waals surface area contributed by atoms with E-state index < -0.39 is 24.2 Å². The van der Waals surface area contributed by atoms with Crippen LogP contribution in [-0.2, 0) is 4.79 Å². The zero-order chi connectivity index (χ0) is 22.2. The second-order valence-corrected chi connectivity index (χ2v) is 6.10. The van der Waals surface area contributed by atoms with Gasteiger partial charge in [0.2, 0.25) is 11.7 Å². The van der Waals surface area contributed by atoms with E-state index in [0.717, 1.165) is 12.2 Å². The number of alkyl halides is 3. The number of carbonyl (C=O) groups excluding carboxylic acids is 1. The molecule has 1 atom stereocenters. The van der Waals surface area contributed by atoms with Gasteiger partial charge in [-0.2, -0.15) is 18.2 Å². The molecule has 9 heteroatoms. The fourth-order valence-corrected chi connectivity index (χ4v) is 2.51. The van der Waals surface area contributed by atoms with E-state index in [1.165, 1.54) is 18.2 Å². The summed E-state index contributed by atoms with van der Waals surface area (Å²) in [7, 11) is 0. The molecule has 0 saturated heterocycles. The maximum atomic E-state index is 13.4. The van der Waals surface area contributed by atoms with Gasteiger partial charge in [0.05, 0.1) is 11.3 Å². The van der Waals surface area contributed by atoms with Crippen molar-refractivity contribution in [3.05, 3.63) is 89.8 Å². The van der Waals surface area contributed by atoms with E-state index in [1.54, 1.807) is 48.5 Å². The van der Waals surface area contributed by atoms with E-state index in [9.17, 15) is 22.8 Å². The van der Waals surface area contributed by atoms with Gasteiger partial charge in [-0.25, -0.2) is 9.59 Å². The Kier molecular flexibility index (Phi) is 7.17. The Labute approximate surface area is 169 Å². The third-order valence-corrected chi connectivity index (χ3v) is 4.00. The number of aliphatic imine (C=N–C) groups is 1. The van der Waals surface area contributed by atoms with Crippen molar-refractivity contribution in [3.8, 4) is 5.75 Å². The number of halogens is 3. The molecule has 0 radical (unpaired) electrons. The molecule has 0 spiro atoms. The number of hydrogen-bond acceptors (Lipinski definition) is 5. The first-order valence-electron chi connectivity index (χ1n) is 8.53. The first-order chi connectivity index (χ1) is 14.2. The van der Waals surface area contributed by atoms with E-state index in [2.05, 4.69) is 4.99 Å². The number of aromatic carboxylic acids is 1. The van der Waals surface area contributed by atoms with Gasteiger partial charge in [-0.3, -0.25) is 0 Å². The molecule has 2 aromatic rings. The highest BCUT2D eigenvalue weighted by atomic mass is 19.4. The summed E-state index contributed by atoms with van der Waals surface area (Å²) in [5, 5.41) is 8.38. The third-order valence-electron chi connectivity index (χ3n) is 4.00. The molecule has 1 unspecified atom stereocenters. The van der Waals surface area contributed by atoms with E-state index in [0.29, 0.717) is 5.56 Å². The third kappa shape index (κ3) is 5.59. The molecule has 0 bridgehead atoms. The molecule has 2 aromatic carbocycles. The summed E-state index contributed by atoms with van der Waals surface area (Å²) in [6, 6.07) is 15.9. The first kappa shape index (κ1) is 22.4. The molecule has 156 valence electrons. The molecular weight excluding hydrogens is 401 g/mol. The lowest BCUT2D eigenvalue weighted by molar-refractivity contribution is -0.229. The van der Waals surface area contributed by atoms with Crippen LogP contribution in [0, 0.1) is 0 Å². The summed E-state index contributed by atoms with van der Waals surface area (Å²) in [6.07, 6.45) is -2.26. The van der Waals surface area contributed by atoms with Gasteiger partial charge in [0.1, 0.15) is 5.75 Å². The molecule has 30 heavy (non-hydrogen) atoms. The van der Waals surface area contributed by atoms with Crippen LogP contribution in [0.25, 0.3) is 0 Å². The second-order valence-electron chi connectivity index (χ2n) is 6.10. The van der Waals surface area contributed by atoms with Gasteiger partial charge in [-0.15, -0.1) is 0 Å². The van der Waals surface area contributed by atoms with Crippen molar-refractivity contribution < 1.29 is 32.6 Å². The lowest BCUT2D eigenvalue weighted by Gasteiger charge is -2.35. The van der Waals surface area contributed by atoms with E-state index >= 15 is 0 Å². The van der Waals surface area contributed by atoms with E-state index in [4.69, 9.17) is 15.6 Å². The van der Waals surface area contributed by atoms with Crippen LogP contribution in [0.4, 0.5) is 13.2 Å². The Bertz CT molecular complexity index is 982. The van der Waals surface area contributed by atoms with Crippen molar-refractivity contribution in [1.82, 2.24) is 0 Å². The smallest absolute Gasteiger partial charge is 0.432 e. The quantitative estimate of drug-likeness (QED) is 0.572. The normalized spacial score (nSPS) is 18.0. The number of hydrogen-bond donors (Lipinski definition) is 2. The number of carbonyl (C=O) groups is 1. The summed E-state index contributed by atoms with van der Waals surface area (Å²) < 4.78 is 45.4. The summed E-state index contributed by atoms with van der Waals surface area (Å²) in [4.78, 5) is 23.7. The summed E-state index contributed by atoms with van der Waals surface area (Å²) in [5.41, 5.74) is 3.09. The van der Waals surface area contributed by atoms with Crippen molar-refractivity contribution in [1.29, 1.82) is 0 Å². The molecule has 0 fully saturated rings. The highest BCUT2D eigenvalue weighted by Crippen LogP contribution is 2.42. The van der Waals surface area contributed by atoms with Crippen LogP contribution in [0.2, 0.25) is 0 Å². The molecule has 0 amide bonds. The SMILES string of the molecule is NC1=C(N=C=O)C=CC(Oc2ccccc2)(C(F)(F)F)C1.O=C(O)c1ccccc1. The number of nitrogens with two attached hydrogens (primary N) is 1. The molecule has 3 N–H and O–H groups in total. The van der Waals surface area contributed by atoms with E-state index in [1.807, 2.05) is 0 Å². The number of ether oxygens (including phenoxy) is 1. The minimum atomic E-state index is -4.68. The number of benzene rings is 2. The Balaban J connectivity index is 0.000000297. The summed E-state index contributed by atoms with van der Waals surface area (Å²) in [5.74, 6) is -0.815. The van der Waals surface area contributed by atoms with Gasteiger partial charge in [0, 0.05) is 12.1 Å². The standard InChI is InChI=1S/C14H11F3N2O2.C7H6O2/c15-14(16,17)13(21-10-4-2-1-3-5-10)7-6-12(19-9-20)11(18)8-13;8-7(9)6-4-2-1-3-5-6/h1-7H,8,18H2;1-5H,(H,8,9). The van der Waals surface area contributed by atoms with Crippen LogP contribution in [-0.4, -0.2) is 28.9 Å². The van der Waals surface area contributed by atoms with Crippen LogP contribution < -0.4 is 10.5 Å². The van der Waals surface area contributed by atoms with Crippen LogP contribution in [0.3, 0.4) is 0 Å². The largest absolute Gasteiger partial charge is 0.478 e. The van der Waals surface area contributed by atoms with Crippen molar-refractivity contribution in [2.45, 2.75) is 18.2 Å². The average Bonchev–Trinajstić information content (AvgIpc) is 2.71. The first-order valence-corrected chi connectivity index (χ1v) is 8.53.